The van der Waals surface area contributed by atoms with Crippen LogP contribution in [-0.2, 0) is 10.3 Å². The van der Waals surface area contributed by atoms with Gasteiger partial charge in [-0.1, -0.05) is 11.6 Å². The number of hydrogen-bond donors (Lipinski definition) is 1. The molecule has 0 aromatic carbocycles. The number of halogens is 1. The van der Waals surface area contributed by atoms with Crippen molar-refractivity contribution in [3.8, 4) is 0 Å². The van der Waals surface area contributed by atoms with E-state index in [0.29, 0.717) is 17.4 Å². The lowest BCUT2D eigenvalue weighted by atomic mass is 9.84. The molecule has 2 rings (SSSR count). The van der Waals surface area contributed by atoms with Crippen LogP contribution in [0.4, 0.5) is 0 Å². The molecule has 1 fully saturated rings. The van der Waals surface area contributed by atoms with Crippen molar-refractivity contribution in [3.63, 3.8) is 0 Å². The second-order valence-electron chi connectivity index (χ2n) is 4.07. The molecule has 14 heavy (non-hydrogen) atoms. The molecule has 1 aromatic rings. The maximum atomic E-state index is 10.5. The van der Waals surface area contributed by atoms with E-state index in [2.05, 4.69) is 0 Å². The minimum Gasteiger partial charge on any atom is -0.381 e. The molecular formula is C10H13ClO2S. The molecule has 78 valence electrons. The van der Waals surface area contributed by atoms with Crippen molar-refractivity contribution in [1.82, 2.24) is 0 Å². The predicted molar refractivity (Wildman–Crippen MR) is 57.9 cm³/mol. The first-order chi connectivity index (χ1) is 6.46. The Kier molecular flexibility index (Phi) is 2.39. The molecule has 1 aliphatic rings. The van der Waals surface area contributed by atoms with Gasteiger partial charge in [-0.3, -0.25) is 0 Å². The molecule has 1 atom stereocenters. The molecule has 0 spiro atoms. The van der Waals surface area contributed by atoms with Gasteiger partial charge >= 0.3 is 0 Å². The largest absolute Gasteiger partial charge is 0.381 e. The van der Waals surface area contributed by atoms with E-state index in [9.17, 15) is 5.11 Å². The van der Waals surface area contributed by atoms with Crippen molar-refractivity contribution in [2.75, 3.05) is 6.61 Å². The van der Waals surface area contributed by atoms with Crippen LogP contribution >= 0.6 is 22.9 Å². The second-order valence-corrected chi connectivity index (χ2v) is 5.79. The fourth-order valence-corrected chi connectivity index (χ4v) is 3.14. The van der Waals surface area contributed by atoms with Gasteiger partial charge in [0.1, 0.15) is 5.60 Å². The fraction of sp³-hybridized carbons (Fsp3) is 0.600. The highest BCUT2D eigenvalue weighted by atomic mass is 35.5. The summed E-state index contributed by atoms with van der Waals surface area (Å²) in [6.07, 6.45) is 0.636. The van der Waals surface area contributed by atoms with Crippen LogP contribution in [0, 0.1) is 0 Å². The number of rotatable bonds is 1. The molecule has 1 saturated heterocycles. The number of ether oxygens (including phenoxy) is 1. The maximum Gasteiger partial charge on any atom is 0.129 e. The van der Waals surface area contributed by atoms with Crippen LogP contribution in [0.3, 0.4) is 0 Å². The minimum absolute atomic E-state index is 0.527. The lowest BCUT2D eigenvalue weighted by Crippen LogP contribution is -2.42. The zero-order valence-electron chi connectivity index (χ0n) is 8.21. The van der Waals surface area contributed by atoms with E-state index in [-0.39, 0.29) is 0 Å². The lowest BCUT2D eigenvalue weighted by Gasteiger charge is -2.34. The Morgan fingerprint density at radius 1 is 1.50 bits per heavy atom. The maximum absolute atomic E-state index is 10.5. The quantitative estimate of drug-likeness (QED) is 0.807. The molecule has 0 radical (unpaired) electrons. The number of hydrogen-bond acceptors (Lipinski definition) is 3. The molecule has 1 N–H and O–H groups in total. The molecular weight excluding hydrogens is 220 g/mol. The van der Waals surface area contributed by atoms with Gasteiger partial charge in [-0.25, -0.2) is 0 Å². The first-order valence-corrected chi connectivity index (χ1v) is 5.77. The summed E-state index contributed by atoms with van der Waals surface area (Å²) in [7, 11) is 0. The van der Waals surface area contributed by atoms with Crippen LogP contribution in [0.2, 0.25) is 4.34 Å². The SMILES string of the molecule is CC1(C)OCCC1(O)c1ccc(Cl)s1. The van der Waals surface area contributed by atoms with Gasteiger partial charge in [0.05, 0.1) is 16.5 Å². The Labute approximate surface area is 92.5 Å². The summed E-state index contributed by atoms with van der Waals surface area (Å²) >= 11 is 7.28. The van der Waals surface area contributed by atoms with Crippen molar-refractivity contribution >= 4 is 22.9 Å². The van der Waals surface area contributed by atoms with Gasteiger partial charge in [-0.05, 0) is 26.0 Å². The van der Waals surface area contributed by atoms with Crippen molar-refractivity contribution < 1.29 is 9.84 Å². The summed E-state index contributed by atoms with van der Waals surface area (Å²) in [4.78, 5) is 0.894. The smallest absolute Gasteiger partial charge is 0.129 e. The third-order valence-electron chi connectivity index (χ3n) is 2.90. The Morgan fingerprint density at radius 2 is 2.21 bits per heavy atom. The Hall–Kier alpha value is -0.0900. The van der Waals surface area contributed by atoms with Gasteiger partial charge in [-0.15, -0.1) is 11.3 Å². The van der Waals surface area contributed by atoms with Crippen LogP contribution in [0.25, 0.3) is 0 Å². The third kappa shape index (κ3) is 1.39. The van der Waals surface area contributed by atoms with E-state index in [4.69, 9.17) is 16.3 Å². The van der Waals surface area contributed by atoms with Gasteiger partial charge < -0.3 is 9.84 Å². The minimum atomic E-state index is -0.884. The Balaban J connectivity index is 2.41. The monoisotopic (exact) mass is 232 g/mol. The average Bonchev–Trinajstić information content (AvgIpc) is 2.60. The summed E-state index contributed by atoms with van der Waals surface area (Å²) in [5, 5.41) is 10.5. The summed E-state index contributed by atoms with van der Waals surface area (Å²) in [6, 6.07) is 3.69. The molecule has 0 bridgehead atoms. The highest BCUT2D eigenvalue weighted by Gasteiger charge is 2.51. The van der Waals surface area contributed by atoms with Gasteiger partial charge in [0.2, 0.25) is 0 Å². The van der Waals surface area contributed by atoms with E-state index in [0.717, 1.165) is 4.88 Å². The molecule has 0 aliphatic carbocycles. The summed E-state index contributed by atoms with van der Waals surface area (Å²) in [5.74, 6) is 0. The predicted octanol–water partition coefficient (Wildman–Crippen LogP) is 2.79. The van der Waals surface area contributed by atoms with Crippen LogP contribution in [0.15, 0.2) is 12.1 Å². The average molecular weight is 233 g/mol. The van der Waals surface area contributed by atoms with Crippen molar-refractivity contribution in [2.24, 2.45) is 0 Å². The Bertz CT molecular complexity index is 348. The zero-order chi connectivity index (χ0) is 10.4. The number of thiophene rings is 1. The van der Waals surface area contributed by atoms with Crippen molar-refractivity contribution in [3.05, 3.63) is 21.3 Å². The van der Waals surface area contributed by atoms with Gasteiger partial charge in [0.25, 0.3) is 0 Å². The van der Waals surface area contributed by atoms with E-state index in [1.54, 1.807) is 0 Å². The lowest BCUT2D eigenvalue weighted by molar-refractivity contribution is -0.100. The molecule has 2 nitrogen and oxygen atoms in total. The molecule has 1 unspecified atom stereocenters. The van der Waals surface area contributed by atoms with Gasteiger partial charge in [-0.2, -0.15) is 0 Å². The summed E-state index contributed by atoms with van der Waals surface area (Å²) in [6.45, 7) is 4.42. The molecule has 1 aromatic heterocycles. The van der Waals surface area contributed by atoms with Crippen LogP contribution in [-0.4, -0.2) is 17.3 Å². The summed E-state index contributed by atoms with van der Waals surface area (Å²) in [5.41, 5.74) is -1.41. The molecule has 0 amide bonds. The fourth-order valence-electron chi connectivity index (χ4n) is 1.83. The van der Waals surface area contributed by atoms with E-state index < -0.39 is 11.2 Å². The Morgan fingerprint density at radius 3 is 2.64 bits per heavy atom. The molecule has 4 heteroatoms. The highest BCUT2D eigenvalue weighted by Crippen LogP contribution is 2.46. The molecule has 1 aliphatic heterocycles. The second kappa shape index (κ2) is 3.20. The third-order valence-corrected chi connectivity index (χ3v) is 4.29. The van der Waals surface area contributed by atoms with E-state index in [1.807, 2.05) is 26.0 Å². The number of aliphatic hydroxyl groups is 1. The van der Waals surface area contributed by atoms with Gasteiger partial charge in [0, 0.05) is 11.3 Å². The zero-order valence-corrected chi connectivity index (χ0v) is 9.78. The molecule has 2 heterocycles. The van der Waals surface area contributed by atoms with Crippen LogP contribution in [0.5, 0.6) is 0 Å². The topological polar surface area (TPSA) is 29.5 Å². The van der Waals surface area contributed by atoms with Gasteiger partial charge in [0.15, 0.2) is 0 Å². The van der Waals surface area contributed by atoms with Crippen molar-refractivity contribution in [1.29, 1.82) is 0 Å². The van der Waals surface area contributed by atoms with Crippen LogP contribution in [0.1, 0.15) is 25.1 Å². The normalized spacial score (nSPS) is 30.9. The van der Waals surface area contributed by atoms with Crippen LogP contribution < -0.4 is 0 Å². The van der Waals surface area contributed by atoms with E-state index >= 15 is 0 Å². The first-order valence-electron chi connectivity index (χ1n) is 4.58. The summed E-state index contributed by atoms with van der Waals surface area (Å²) < 4.78 is 6.24. The van der Waals surface area contributed by atoms with Crippen molar-refractivity contribution in [2.45, 2.75) is 31.5 Å². The van der Waals surface area contributed by atoms with E-state index in [1.165, 1.54) is 11.3 Å². The standard InChI is InChI=1S/C10H13ClO2S/c1-9(2)10(12,5-6-13-9)7-3-4-8(11)14-7/h3-4,12H,5-6H2,1-2H3. The first kappa shape index (κ1) is 10.4. The highest BCUT2D eigenvalue weighted by molar-refractivity contribution is 7.16. The molecule has 0 saturated carbocycles.